The van der Waals surface area contributed by atoms with Crippen LogP contribution in [0.2, 0.25) is 0 Å². The molecule has 1 N–H and O–H groups in total. The van der Waals surface area contributed by atoms with E-state index in [1.807, 2.05) is 72.8 Å². The fraction of sp³-hybridized carbons (Fsp3) is 0.121. The number of carbonyl (C=O) groups excluding carboxylic acids is 3. The van der Waals surface area contributed by atoms with Crippen molar-refractivity contribution in [2.24, 2.45) is 0 Å². The highest BCUT2D eigenvalue weighted by molar-refractivity contribution is 6.17. The van der Waals surface area contributed by atoms with Crippen LogP contribution in [0.25, 0.3) is 0 Å². The van der Waals surface area contributed by atoms with Crippen molar-refractivity contribution in [3.05, 3.63) is 142 Å². The van der Waals surface area contributed by atoms with E-state index >= 15 is 0 Å². The molecule has 0 aromatic heterocycles. The highest BCUT2D eigenvalue weighted by Crippen LogP contribution is 2.51. The van der Waals surface area contributed by atoms with Crippen LogP contribution in [-0.2, 0) is 4.79 Å². The summed E-state index contributed by atoms with van der Waals surface area (Å²) in [5.74, 6) is -0.155. The monoisotopic (exact) mass is 496 g/mol. The summed E-state index contributed by atoms with van der Waals surface area (Å²) >= 11 is 0. The standard InChI is InChI=1S/C33H24N2O3/c36-29-19-23(20-9-3-1-4-10-20)18-27-30(29)31-24-13-7-8-14-25(24)33(38)35(31)28-16-15-22(17-26(28)34-27)32(37)21-11-5-2-6-12-21/h1-17,23,31,34H,18-19H2/t23-,31+/m1/s1. The Bertz CT molecular complexity index is 1660. The van der Waals surface area contributed by atoms with Gasteiger partial charge in [0, 0.05) is 34.4 Å². The molecule has 0 fully saturated rings. The van der Waals surface area contributed by atoms with Gasteiger partial charge >= 0.3 is 0 Å². The Hall–Kier alpha value is -4.77. The maximum atomic E-state index is 13.8. The molecule has 184 valence electrons. The van der Waals surface area contributed by atoms with Gasteiger partial charge in [-0.2, -0.15) is 0 Å². The van der Waals surface area contributed by atoms with Crippen molar-refractivity contribution in [2.45, 2.75) is 24.8 Å². The molecule has 1 aliphatic carbocycles. The Labute approximate surface area is 220 Å². The van der Waals surface area contributed by atoms with Crippen molar-refractivity contribution in [1.82, 2.24) is 0 Å². The van der Waals surface area contributed by atoms with Crippen molar-refractivity contribution in [3.63, 3.8) is 0 Å². The van der Waals surface area contributed by atoms with E-state index in [0.717, 1.165) is 16.8 Å². The first-order valence-corrected chi connectivity index (χ1v) is 12.8. The minimum Gasteiger partial charge on any atom is -0.357 e. The highest BCUT2D eigenvalue weighted by atomic mass is 16.2. The number of benzene rings is 4. The van der Waals surface area contributed by atoms with E-state index in [0.29, 0.717) is 46.5 Å². The van der Waals surface area contributed by atoms with Crippen LogP contribution in [0, 0.1) is 0 Å². The van der Waals surface area contributed by atoms with E-state index in [2.05, 4.69) is 17.4 Å². The zero-order valence-corrected chi connectivity index (χ0v) is 20.6. The molecule has 5 heteroatoms. The summed E-state index contributed by atoms with van der Waals surface area (Å²) < 4.78 is 0. The van der Waals surface area contributed by atoms with Gasteiger partial charge in [0.2, 0.25) is 0 Å². The summed E-state index contributed by atoms with van der Waals surface area (Å²) in [6, 6.07) is 31.7. The summed E-state index contributed by atoms with van der Waals surface area (Å²) in [6.07, 6.45) is 1.03. The van der Waals surface area contributed by atoms with E-state index < -0.39 is 6.04 Å². The molecule has 4 aromatic carbocycles. The number of ketones is 2. The number of rotatable bonds is 3. The van der Waals surface area contributed by atoms with Crippen LogP contribution in [0.15, 0.2) is 114 Å². The number of hydrogen-bond donors (Lipinski definition) is 1. The lowest BCUT2D eigenvalue weighted by Crippen LogP contribution is -2.32. The molecule has 0 unspecified atom stereocenters. The van der Waals surface area contributed by atoms with Crippen LogP contribution < -0.4 is 10.2 Å². The van der Waals surface area contributed by atoms with Crippen molar-refractivity contribution < 1.29 is 14.4 Å². The van der Waals surface area contributed by atoms with E-state index in [1.54, 1.807) is 23.1 Å². The van der Waals surface area contributed by atoms with E-state index in [4.69, 9.17) is 0 Å². The third-order valence-electron chi connectivity index (χ3n) is 7.85. The number of Topliss-reactive ketones (excluding diaryl/α,β-unsaturated/α-hetero) is 1. The quantitative estimate of drug-likeness (QED) is 0.331. The molecule has 0 radical (unpaired) electrons. The fourth-order valence-electron chi connectivity index (χ4n) is 6.08. The van der Waals surface area contributed by atoms with Crippen molar-refractivity contribution >= 4 is 28.8 Å². The molecular weight excluding hydrogens is 472 g/mol. The summed E-state index contributed by atoms with van der Waals surface area (Å²) in [5.41, 5.74) is 6.47. The predicted molar refractivity (Wildman–Crippen MR) is 146 cm³/mol. The van der Waals surface area contributed by atoms with Crippen LogP contribution in [-0.4, -0.2) is 17.5 Å². The Morgan fingerprint density at radius 1 is 0.763 bits per heavy atom. The molecule has 0 bridgehead atoms. The molecule has 2 atom stereocenters. The molecule has 3 aliphatic rings. The number of allylic oxidation sites excluding steroid dienone is 1. The topological polar surface area (TPSA) is 66.5 Å². The molecular formula is C33H24N2O3. The Balaban J connectivity index is 1.39. The first kappa shape index (κ1) is 22.4. The van der Waals surface area contributed by atoms with Crippen molar-refractivity contribution in [1.29, 1.82) is 0 Å². The van der Waals surface area contributed by atoms with Crippen LogP contribution in [0.3, 0.4) is 0 Å². The summed E-state index contributed by atoms with van der Waals surface area (Å²) in [6.45, 7) is 0. The lowest BCUT2D eigenvalue weighted by atomic mass is 9.78. The van der Waals surface area contributed by atoms with Gasteiger partial charge in [-0.15, -0.1) is 0 Å². The molecule has 0 saturated carbocycles. The van der Waals surface area contributed by atoms with Crippen LogP contribution in [0.1, 0.15) is 62.2 Å². The normalized spacial score (nSPS) is 19.6. The molecule has 2 heterocycles. The Kier molecular flexibility index (Phi) is 5.11. The summed E-state index contributed by atoms with van der Waals surface area (Å²) in [7, 11) is 0. The minimum atomic E-state index is -0.498. The van der Waals surface area contributed by atoms with Crippen LogP contribution in [0.5, 0.6) is 0 Å². The zero-order valence-electron chi connectivity index (χ0n) is 20.6. The summed E-state index contributed by atoms with van der Waals surface area (Å²) in [4.78, 5) is 42.6. The predicted octanol–water partition coefficient (Wildman–Crippen LogP) is 6.45. The number of nitrogens with zero attached hydrogens (tertiary/aromatic N) is 1. The molecule has 1 amide bonds. The van der Waals surface area contributed by atoms with Crippen LogP contribution in [0.4, 0.5) is 11.4 Å². The van der Waals surface area contributed by atoms with Crippen LogP contribution >= 0.6 is 0 Å². The molecule has 4 aromatic rings. The Morgan fingerprint density at radius 2 is 1.47 bits per heavy atom. The number of carbonyl (C=O) groups is 3. The number of amides is 1. The van der Waals surface area contributed by atoms with Gasteiger partial charge in [-0.3, -0.25) is 19.3 Å². The fourth-order valence-corrected chi connectivity index (χ4v) is 6.08. The lowest BCUT2D eigenvalue weighted by molar-refractivity contribution is -0.116. The van der Waals surface area contributed by atoms with Gasteiger partial charge in [-0.1, -0.05) is 78.9 Å². The maximum Gasteiger partial charge on any atom is 0.259 e. The molecule has 2 aliphatic heterocycles. The zero-order chi connectivity index (χ0) is 25.8. The van der Waals surface area contributed by atoms with Gasteiger partial charge in [-0.05, 0) is 47.7 Å². The van der Waals surface area contributed by atoms with Gasteiger partial charge in [0.1, 0.15) is 0 Å². The number of nitrogens with one attached hydrogen (secondary N) is 1. The first-order valence-electron chi connectivity index (χ1n) is 12.8. The molecule has 0 spiro atoms. The largest absolute Gasteiger partial charge is 0.357 e. The number of hydrogen-bond acceptors (Lipinski definition) is 4. The van der Waals surface area contributed by atoms with Crippen molar-refractivity contribution in [3.8, 4) is 0 Å². The summed E-state index contributed by atoms with van der Waals surface area (Å²) in [5, 5.41) is 3.53. The van der Waals surface area contributed by atoms with Gasteiger partial charge in [0.05, 0.1) is 17.4 Å². The number of fused-ring (bicyclic) bond motifs is 6. The molecule has 38 heavy (non-hydrogen) atoms. The van der Waals surface area contributed by atoms with E-state index in [1.165, 1.54) is 0 Å². The lowest BCUT2D eigenvalue weighted by Gasteiger charge is -2.30. The third kappa shape index (κ3) is 3.43. The minimum absolute atomic E-state index is 0.0337. The SMILES string of the molecule is O=C1C[C@H](c2ccccc2)CC2=C1[C@@H]1c3ccccc3C(=O)N1c1ccc(C(=O)c3ccccc3)cc1N2. The molecule has 7 rings (SSSR count). The third-order valence-corrected chi connectivity index (χ3v) is 7.85. The van der Waals surface area contributed by atoms with Gasteiger partial charge in [-0.25, -0.2) is 0 Å². The van der Waals surface area contributed by atoms with E-state index in [9.17, 15) is 14.4 Å². The first-order chi connectivity index (χ1) is 18.6. The van der Waals surface area contributed by atoms with Gasteiger partial charge in [0.15, 0.2) is 11.6 Å². The second-order valence-electron chi connectivity index (χ2n) is 10.0. The smallest absolute Gasteiger partial charge is 0.259 e. The molecule has 5 nitrogen and oxygen atoms in total. The average molecular weight is 497 g/mol. The average Bonchev–Trinajstić information content (AvgIpc) is 3.15. The van der Waals surface area contributed by atoms with Crippen molar-refractivity contribution in [2.75, 3.05) is 10.2 Å². The van der Waals surface area contributed by atoms with E-state index in [-0.39, 0.29) is 23.4 Å². The second kappa shape index (κ2) is 8.67. The maximum absolute atomic E-state index is 13.8. The molecule has 0 saturated heterocycles. The number of anilines is 2. The second-order valence-corrected chi connectivity index (χ2v) is 10.0. The van der Waals surface area contributed by atoms with Gasteiger partial charge in [0.25, 0.3) is 5.91 Å². The highest BCUT2D eigenvalue weighted by Gasteiger charge is 2.46. The Morgan fingerprint density at radius 3 is 2.26 bits per heavy atom. The van der Waals surface area contributed by atoms with Gasteiger partial charge < -0.3 is 5.32 Å².